The summed E-state index contributed by atoms with van der Waals surface area (Å²) in [5.74, 6) is 1.53. The number of amides is 1. The summed E-state index contributed by atoms with van der Waals surface area (Å²) in [6.07, 6.45) is 4.95. The number of hydrogen-bond acceptors (Lipinski definition) is 4. The van der Waals surface area contributed by atoms with Crippen molar-refractivity contribution in [1.29, 1.82) is 0 Å². The van der Waals surface area contributed by atoms with Gasteiger partial charge in [-0.3, -0.25) is 9.79 Å². The number of carbonyl (C=O) groups excluding carboxylic acids is 1. The first-order valence-corrected chi connectivity index (χ1v) is 9.52. The molecule has 1 rings (SSSR count). The molecule has 1 saturated heterocycles. The molecule has 0 radical (unpaired) electrons. The quantitative estimate of drug-likeness (QED) is 0.331. The molecule has 0 aromatic rings. The van der Waals surface area contributed by atoms with Crippen molar-refractivity contribution in [3.8, 4) is 0 Å². The number of nitrogens with one attached hydrogen (secondary N) is 2. The summed E-state index contributed by atoms with van der Waals surface area (Å²) in [6.45, 7) is 7.52. The number of likely N-dealkylation sites (tertiary alicyclic amines) is 1. The average molecular weight is 357 g/mol. The lowest BCUT2D eigenvalue weighted by Gasteiger charge is -2.34. The van der Waals surface area contributed by atoms with Crippen molar-refractivity contribution in [3.63, 3.8) is 0 Å². The molecule has 0 atom stereocenters. The molecule has 1 aliphatic rings. The molecule has 25 heavy (non-hydrogen) atoms. The van der Waals surface area contributed by atoms with E-state index in [-0.39, 0.29) is 5.91 Å². The topological polar surface area (TPSA) is 75.2 Å². The lowest BCUT2D eigenvalue weighted by atomic mass is 9.93. The molecular weight excluding hydrogens is 320 g/mol. The Morgan fingerprint density at radius 3 is 2.44 bits per heavy atom. The van der Waals surface area contributed by atoms with Crippen molar-refractivity contribution in [3.05, 3.63) is 0 Å². The highest BCUT2D eigenvalue weighted by Crippen LogP contribution is 2.20. The van der Waals surface area contributed by atoms with Crippen LogP contribution >= 0.6 is 0 Å². The number of nitrogens with zero attached hydrogens (tertiary/aromatic N) is 2. The van der Waals surface area contributed by atoms with Crippen LogP contribution in [0.4, 0.5) is 0 Å². The van der Waals surface area contributed by atoms with Crippen LogP contribution in [-0.4, -0.2) is 76.9 Å². The number of rotatable bonds is 11. The van der Waals surface area contributed by atoms with Crippen LogP contribution in [0.15, 0.2) is 4.99 Å². The van der Waals surface area contributed by atoms with Crippen molar-refractivity contribution in [2.24, 2.45) is 10.9 Å². The highest BCUT2D eigenvalue weighted by molar-refractivity contribution is 5.80. The minimum Gasteiger partial charge on any atom is -0.379 e. The Morgan fingerprint density at radius 2 is 1.84 bits per heavy atom. The molecule has 7 nitrogen and oxygen atoms in total. The normalized spacial score (nSPS) is 16.1. The number of unbranched alkanes of at least 4 members (excludes halogenated alkanes) is 1. The first-order valence-electron chi connectivity index (χ1n) is 9.52. The van der Waals surface area contributed by atoms with Gasteiger partial charge >= 0.3 is 0 Å². The van der Waals surface area contributed by atoms with E-state index in [0.29, 0.717) is 32.2 Å². The molecule has 7 heteroatoms. The van der Waals surface area contributed by atoms with E-state index in [9.17, 15) is 4.79 Å². The van der Waals surface area contributed by atoms with Gasteiger partial charge in [0.15, 0.2) is 5.96 Å². The van der Waals surface area contributed by atoms with Crippen LogP contribution in [0.25, 0.3) is 0 Å². The Hall–Kier alpha value is -1.34. The summed E-state index contributed by atoms with van der Waals surface area (Å²) in [5.41, 5.74) is 0. The molecule has 1 amide bonds. The Morgan fingerprint density at radius 1 is 1.16 bits per heavy atom. The van der Waals surface area contributed by atoms with Gasteiger partial charge in [0.05, 0.1) is 19.8 Å². The van der Waals surface area contributed by atoms with E-state index in [1.165, 1.54) is 0 Å². The molecular formula is C18H36N4O3. The lowest BCUT2D eigenvalue weighted by Crippen LogP contribution is -2.46. The zero-order valence-electron chi connectivity index (χ0n) is 16.2. The Kier molecular flexibility index (Phi) is 12.1. The largest absolute Gasteiger partial charge is 0.379 e. The van der Waals surface area contributed by atoms with Crippen LogP contribution in [-0.2, 0) is 14.3 Å². The monoisotopic (exact) mass is 356 g/mol. The molecule has 1 aliphatic heterocycles. The average Bonchev–Trinajstić information content (AvgIpc) is 2.64. The van der Waals surface area contributed by atoms with Crippen LogP contribution in [0, 0.1) is 5.92 Å². The van der Waals surface area contributed by atoms with Gasteiger partial charge in [0.25, 0.3) is 0 Å². The smallest absolute Gasteiger partial charge is 0.220 e. The van der Waals surface area contributed by atoms with Gasteiger partial charge in [0, 0.05) is 46.8 Å². The second-order valence-corrected chi connectivity index (χ2v) is 6.36. The van der Waals surface area contributed by atoms with E-state index in [1.54, 1.807) is 14.1 Å². The maximum Gasteiger partial charge on any atom is 0.220 e. The van der Waals surface area contributed by atoms with Crippen molar-refractivity contribution in [1.82, 2.24) is 15.5 Å². The van der Waals surface area contributed by atoms with Gasteiger partial charge in [-0.1, -0.05) is 13.3 Å². The molecule has 0 bridgehead atoms. The van der Waals surface area contributed by atoms with Crippen LogP contribution in [0.1, 0.15) is 39.0 Å². The minimum atomic E-state index is 0.136. The number of hydrogen-bond donors (Lipinski definition) is 2. The van der Waals surface area contributed by atoms with E-state index in [0.717, 1.165) is 57.9 Å². The third-order valence-electron chi connectivity index (χ3n) is 4.42. The Labute approximate surface area is 152 Å². The van der Waals surface area contributed by atoms with E-state index in [2.05, 4.69) is 27.4 Å². The van der Waals surface area contributed by atoms with Crippen molar-refractivity contribution >= 4 is 11.9 Å². The van der Waals surface area contributed by atoms with Gasteiger partial charge in [0.1, 0.15) is 0 Å². The van der Waals surface area contributed by atoms with E-state index < -0.39 is 0 Å². The summed E-state index contributed by atoms with van der Waals surface area (Å²) in [5, 5.41) is 6.05. The van der Waals surface area contributed by atoms with Crippen molar-refractivity contribution < 1.29 is 14.3 Å². The molecule has 0 spiro atoms. The van der Waals surface area contributed by atoms with Gasteiger partial charge in [-0.25, -0.2) is 0 Å². The van der Waals surface area contributed by atoms with Crippen molar-refractivity contribution in [2.75, 3.05) is 60.2 Å². The van der Waals surface area contributed by atoms with E-state index in [4.69, 9.17) is 9.47 Å². The van der Waals surface area contributed by atoms with Crippen LogP contribution in [0.2, 0.25) is 0 Å². The highest BCUT2D eigenvalue weighted by atomic mass is 16.5. The molecule has 0 aliphatic carbocycles. The Bertz CT molecular complexity index is 383. The standard InChI is InChI=1S/C18H36N4O3/c1-4-5-11-24-13-14-25-12-8-21-18(20-3)22-9-6-16(7-10-22)15-17(23)19-2/h16H,4-15H2,1-3H3,(H,19,23)(H,20,21). The number of piperidine rings is 1. The number of guanidine groups is 1. The fourth-order valence-electron chi connectivity index (χ4n) is 2.85. The fourth-order valence-corrected chi connectivity index (χ4v) is 2.85. The maximum absolute atomic E-state index is 11.5. The molecule has 146 valence electrons. The zero-order valence-corrected chi connectivity index (χ0v) is 16.2. The first-order chi connectivity index (χ1) is 12.2. The zero-order chi connectivity index (χ0) is 18.3. The predicted octanol–water partition coefficient (Wildman–Crippen LogP) is 1.24. The molecule has 1 fully saturated rings. The molecule has 0 aromatic heterocycles. The number of carbonyl (C=O) groups is 1. The van der Waals surface area contributed by atoms with Gasteiger partial charge < -0.3 is 25.0 Å². The van der Waals surface area contributed by atoms with Gasteiger partial charge in [-0.2, -0.15) is 0 Å². The van der Waals surface area contributed by atoms with Crippen LogP contribution < -0.4 is 10.6 Å². The predicted molar refractivity (Wildman–Crippen MR) is 101 cm³/mol. The molecule has 2 N–H and O–H groups in total. The van der Waals surface area contributed by atoms with Crippen LogP contribution in [0.5, 0.6) is 0 Å². The summed E-state index contributed by atoms with van der Waals surface area (Å²) >= 11 is 0. The Balaban J connectivity index is 2.10. The number of ether oxygens (including phenoxy) is 2. The summed E-state index contributed by atoms with van der Waals surface area (Å²) in [7, 11) is 3.50. The third-order valence-corrected chi connectivity index (χ3v) is 4.42. The van der Waals surface area contributed by atoms with Crippen molar-refractivity contribution in [2.45, 2.75) is 39.0 Å². The lowest BCUT2D eigenvalue weighted by molar-refractivity contribution is -0.121. The first kappa shape index (κ1) is 21.7. The summed E-state index contributed by atoms with van der Waals surface area (Å²) in [4.78, 5) is 18.1. The van der Waals surface area contributed by atoms with Gasteiger partial charge in [-0.05, 0) is 25.2 Å². The summed E-state index contributed by atoms with van der Waals surface area (Å²) < 4.78 is 11.0. The van der Waals surface area contributed by atoms with Gasteiger partial charge in [0.2, 0.25) is 5.91 Å². The molecule has 0 saturated carbocycles. The summed E-state index contributed by atoms with van der Waals surface area (Å²) in [6, 6.07) is 0. The van der Waals surface area contributed by atoms with Crippen LogP contribution in [0.3, 0.4) is 0 Å². The van der Waals surface area contributed by atoms with Gasteiger partial charge in [-0.15, -0.1) is 0 Å². The highest BCUT2D eigenvalue weighted by Gasteiger charge is 2.22. The maximum atomic E-state index is 11.5. The molecule has 0 aromatic carbocycles. The molecule has 0 unspecified atom stereocenters. The molecule has 1 heterocycles. The second-order valence-electron chi connectivity index (χ2n) is 6.36. The van der Waals surface area contributed by atoms with E-state index >= 15 is 0 Å². The van der Waals surface area contributed by atoms with E-state index in [1.807, 2.05) is 0 Å². The second kappa shape index (κ2) is 13.9. The number of aliphatic imine (C=N–C) groups is 1. The third kappa shape index (κ3) is 9.65. The SMILES string of the molecule is CCCCOCCOCCNC(=NC)N1CCC(CC(=O)NC)CC1. The minimum absolute atomic E-state index is 0.136. The fraction of sp³-hybridized carbons (Fsp3) is 0.889.